The van der Waals surface area contributed by atoms with Crippen LogP contribution in [0.3, 0.4) is 0 Å². The Kier molecular flexibility index (Phi) is 6.58. The van der Waals surface area contributed by atoms with Gasteiger partial charge >= 0.3 is 6.09 Å². The van der Waals surface area contributed by atoms with Crippen LogP contribution < -0.4 is 4.74 Å². The number of rotatable bonds is 5. The summed E-state index contributed by atoms with van der Waals surface area (Å²) < 4.78 is 26.2. The molecule has 1 fully saturated rings. The molecule has 0 bridgehead atoms. The van der Waals surface area contributed by atoms with Crippen LogP contribution in [0.1, 0.15) is 17.4 Å². The first kappa shape index (κ1) is 22.3. The maximum absolute atomic E-state index is 14.4. The van der Waals surface area contributed by atoms with Crippen molar-refractivity contribution in [3.8, 4) is 22.7 Å². The number of amides is 2. The number of ether oxygens (including phenoxy) is 2. The lowest BCUT2D eigenvalue weighted by atomic mass is 10.1. The molecule has 1 aromatic heterocycles. The van der Waals surface area contributed by atoms with E-state index in [1.165, 1.54) is 10.7 Å². The Balaban J connectivity index is 1.65. The van der Waals surface area contributed by atoms with Crippen molar-refractivity contribution in [1.29, 1.82) is 0 Å². The molecule has 4 rings (SSSR count). The van der Waals surface area contributed by atoms with Gasteiger partial charge in [-0.15, -0.1) is 0 Å². The van der Waals surface area contributed by atoms with E-state index in [1.807, 2.05) is 0 Å². The number of carbonyl (C=O) groups excluding carboxylic acids is 2. The van der Waals surface area contributed by atoms with Gasteiger partial charge in [0.1, 0.15) is 17.3 Å². The van der Waals surface area contributed by atoms with Gasteiger partial charge in [-0.25, -0.2) is 13.9 Å². The van der Waals surface area contributed by atoms with E-state index in [0.29, 0.717) is 61.2 Å². The SMILES string of the molecule is CCOC(=O)N1CCN(C(=O)c2cc(-c3ccccc3F)nn2-c2ccc(OC)cc2)CC1. The molecule has 2 amide bonds. The minimum absolute atomic E-state index is 0.246. The van der Waals surface area contributed by atoms with E-state index >= 15 is 0 Å². The van der Waals surface area contributed by atoms with Crippen LogP contribution in [0.4, 0.5) is 9.18 Å². The zero-order valence-electron chi connectivity index (χ0n) is 18.5. The molecule has 0 radical (unpaired) electrons. The summed E-state index contributed by atoms with van der Waals surface area (Å²) >= 11 is 0. The fourth-order valence-electron chi connectivity index (χ4n) is 3.72. The summed E-state index contributed by atoms with van der Waals surface area (Å²) in [5.41, 5.74) is 1.62. The molecule has 9 heteroatoms. The summed E-state index contributed by atoms with van der Waals surface area (Å²) in [7, 11) is 1.57. The standard InChI is InChI=1S/C24H25FN4O4/c1-3-33-24(31)28-14-12-27(13-15-28)23(30)22-16-21(19-6-4-5-7-20(19)25)26-29(22)17-8-10-18(32-2)11-9-17/h4-11,16H,3,12-15H2,1-2H3. The van der Waals surface area contributed by atoms with E-state index in [1.54, 1.807) is 72.4 Å². The molecule has 0 spiro atoms. The molecule has 0 saturated carbocycles. The average Bonchev–Trinajstić information content (AvgIpc) is 3.29. The molecule has 0 unspecified atom stereocenters. The van der Waals surface area contributed by atoms with Crippen LogP contribution in [0.15, 0.2) is 54.6 Å². The smallest absolute Gasteiger partial charge is 0.409 e. The fourth-order valence-corrected chi connectivity index (χ4v) is 3.72. The summed E-state index contributed by atoms with van der Waals surface area (Å²) in [5, 5.41) is 4.55. The number of carbonyl (C=O) groups is 2. The minimum atomic E-state index is -0.418. The summed E-state index contributed by atoms with van der Waals surface area (Å²) in [6.45, 7) is 3.53. The summed E-state index contributed by atoms with van der Waals surface area (Å²) in [5.74, 6) is 0.00606. The first-order chi connectivity index (χ1) is 16.0. The fraction of sp³-hybridized carbons (Fsp3) is 0.292. The van der Waals surface area contributed by atoms with Gasteiger partial charge in [0, 0.05) is 31.7 Å². The van der Waals surface area contributed by atoms with E-state index in [9.17, 15) is 14.0 Å². The zero-order valence-corrected chi connectivity index (χ0v) is 18.5. The number of nitrogens with zero attached hydrogens (tertiary/aromatic N) is 4. The minimum Gasteiger partial charge on any atom is -0.497 e. The summed E-state index contributed by atoms with van der Waals surface area (Å²) in [6.07, 6.45) is -0.380. The highest BCUT2D eigenvalue weighted by Crippen LogP contribution is 2.26. The van der Waals surface area contributed by atoms with Crippen LogP contribution in [-0.2, 0) is 4.74 Å². The first-order valence-corrected chi connectivity index (χ1v) is 10.7. The highest BCUT2D eigenvalue weighted by molar-refractivity contribution is 5.94. The van der Waals surface area contributed by atoms with Crippen molar-refractivity contribution < 1.29 is 23.5 Å². The third-order valence-corrected chi connectivity index (χ3v) is 5.49. The average molecular weight is 452 g/mol. The molecule has 8 nitrogen and oxygen atoms in total. The Morgan fingerprint density at radius 3 is 2.30 bits per heavy atom. The van der Waals surface area contributed by atoms with Gasteiger partial charge in [0.15, 0.2) is 0 Å². The monoisotopic (exact) mass is 452 g/mol. The van der Waals surface area contributed by atoms with Crippen molar-refractivity contribution in [2.75, 3.05) is 39.9 Å². The van der Waals surface area contributed by atoms with Crippen molar-refractivity contribution in [2.24, 2.45) is 0 Å². The Hall–Kier alpha value is -3.88. The molecule has 33 heavy (non-hydrogen) atoms. The van der Waals surface area contributed by atoms with Crippen molar-refractivity contribution in [3.63, 3.8) is 0 Å². The third-order valence-electron chi connectivity index (χ3n) is 5.49. The number of hydrogen-bond donors (Lipinski definition) is 0. The maximum Gasteiger partial charge on any atom is 0.409 e. The number of benzene rings is 2. The molecule has 2 aromatic carbocycles. The van der Waals surface area contributed by atoms with Gasteiger partial charge in [0.05, 0.1) is 25.1 Å². The highest BCUT2D eigenvalue weighted by Gasteiger charge is 2.28. The van der Waals surface area contributed by atoms with Crippen molar-refractivity contribution >= 4 is 12.0 Å². The molecule has 2 heterocycles. The second kappa shape index (κ2) is 9.72. The van der Waals surface area contributed by atoms with Crippen LogP contribution in [0.5, 0.6) is 5.75 Å². The number of piperazine rings is 1. The molecule has 172 valence electrons. The van der Waals surface area contributed by atoms with E-state index in [2.05, 4.69) is 5.10 Å². The van der Waals surface area contributed by atoms with Crippen molar-refractivity contribution in [3.05, 3.63) is 66.1 Å². The van der Waals surface area contributed by atoms with E-state index < -0.39 is 5.82 Å². The van der Waals surface area contributed by atoms with Gasteiger partial charge in [0.25, 0.3) is 5.91 Å². The molecule has 0 aliphatic carbocycles. The summed E-state index contributed by atoms with van der Waals surface area (Å²) in [6, 6.07) is 15.0. The topological polar surface area (TPSA) is 76.9 Å². The molecular weight excluding hydrogens is 427 g/mol. The molecule has 1 saturated heterocycles. The van der Waals surface area contributed by atoms with E-state index in [4.69, 9.17) is 9.47 Å². The molecule has 1 aliphatic rings. The van der Waals surface area contributed by atoms with Crippen molar-refractivity contribution in [2.45, 2.75) is 6.92 Å². The predicted octanol–water partition coefficient (Wildman–Crippen LogP) is 3.60. The Morgan fingerprint density at radius 1 is 1.00 bits per heavy atom. The van der Waals surface area contributed by atoms with Crippen LogP contribution in [0.2, 0.25) is 0 Å². The van der Waals surface area contributed by atoms with Crippen molar-refractivity contribution in [1.82, 2.24) is 19.6 Å². The van der Waals surface area contributed by atoms with Gasteiger partial charge in [-0.05, 0) is 49.4 Å². The maximum atomic E-state index is 14.4. The number of hydrogen-bond acceptors (Lipinski definition) is 5. The van der Waals surface area contributed by atoms with Gasteiger partial charge in [-0.3, -0.25) is 4.79 Å². The van der Waals surface area contributed by atoms with Gasteiger partial charge in [-0.1, -0.05) is 12.1 Å². The van der Waals surface area contributed by atoms with Crippen LogP contribution >= 0.6 is 0 Å². The van der Waals surface area contributed by atoms with Gasteiger partial charge < -0.3 is 19.3 Å². The van der Waals surface area contributed by atoms with Crippen LogP contribution in [0, 0.1) is 5.82 Å². The lowest BCUT2D eigenvalue weighted by Gasteiger charge is -2.34. The molecular formula is C24H25FN4O4. The van der Waals surface area contributed by atoms with E-state index in [0.717, 1.165) is 0 Å². The van der Waals surface area contributed by atoms with Crippen LogP contribution in [0.25, 0.3) is 16.9 Å². The normalized spacial score (nSPS) is 13.7. The molecule has 0 N–H and O–H groups in total. The lowest BCUT2D eigenvalue weighted by molar-refractivity contribution is 0.0563. The van der Waals surface area contributed by atoms with Gasteiger partial charge in [0.2, 0.25) is 0 Å². The largest absolute Gasteiger partial charge is 0.497 e. The Morgan fingerprint density at radius 2 is 1.67 bits per heavy atom. The quantitative estimate of drug-likeness (QED) is 0.591. The third kappa shape index (κ3) is 4.67. The molecule has 1 aliphatic heterocycles. The Bertz CT molecular complexity index is 1140. The first-order valence-electron chi connectivity index (χ1n) is 10.7. The lowest BCUT2D eigenvalue weighted by Crippen LogP contribution is -2.51. The highest BCUT2D eigenvalue weighted by atomic mass is 19.1. The molecule has 0 atom stereocenters. The second-order valence-corrected chi connectivity index (χ2v) is 7.48. The van der Waals surface area contributed by atoms with Gasteiger partial charge in [-0.2, -0.15) is 5.10 Å². The number of halogens is 1. The summed E-state index contributed by atoms with van der Waals surface area (Å²) in [4.78, 5) is 28.7. The number of aromatic nitrogens is 2. The molecule has 3 aromatic rings. The zero-order chi connectivity index (χ0) is 23.4. The predicted molar refractivity (Wildman–Crippen MR) is 120 cm³/mol. The van der Waals surface area contributed by atoms with E-state index in [-0.39, 0.29) is 12.0 Å². The number of methoxy groups -OCH3 is 1. The second-order valence-electron chi connectivity index (χ2n) is 7.48. The Labute approximate surface area is 191 Å². The van der Waals surface area contributed by atoms with Crippen LogP contribution in [-0.4, -0.2) is 71.5 Å².